The van der Waals surface area contributed by atoms with E-state index < -0.39 is 18.0 Å². The Morgan fingerprint density at radius 3 is 1.80 bits per heavy atom. The van der Waals surface area contributed by atoms with Gasteiger partial charge >= 0.3 is 6.18 Å². The minimum absolute atomic E-state index is 0.251. The molecule has 1 saturated heterocycles. The molecule has 0 unspecified atom stereocenters. The van der Waals surface area contributed by atoms with Crippen molar-refractivity contribution in [1.29, 1.82) is 0 Å². The average Bonchev–Trinajstić information content (AvgIpc) is 2.15. The lowest BCUT2D eigenvalue weighted by Gasteiger charge is -2.30. The van der Waals surface area contributed by atoms with Crippen LogP contribution in [-0.2, 0) is 0 Å². The number of hydrogen-bond acceptors (Lipinski definition) is 2. The van der Waals surface area contributed by atoms with Crippen LogP contribution in [0.5, 0.6) is 0 Å². The van der Waals surface area contributed by atoms with Gasteiger partial charge in [-0.1, -0.05) is 0 Å². The van der Waals surface area contributed by atoms with Crippen molar-refractivity contribution < 1.29 is 26.4 Å². The van der Waals surface area contributed by atoms with Gasteiger partial charge < -0.3 is 4.90 Å². The Balaban J connectivity index is 2.72. The fourth-order valence-electron chi connectivity index (χ4n) is 1.13. The topological polar surface area (TPSA) is 6.48 Å². The van der Waals surface area contributed by atoms with Crippen LogP contribution in [0.3, 0.4) is 0 Å². The molecule has 0 atom stereocenters. The summed E-state index contributed by atoms with van der Waals surface area (Å²) in [5.74, 6) is -4.74. The van der Waals surface area contributed by atoms with Crippen molar-refractivity contribution in [2.24, 2.45) is 0 Å². The lowest BCUT2D eigenvalue weighted by Crippen LogP contribution is -2.42. The molecule has 1 aliphatic heterocycles. The second kappa shape index (κ2) is 4.30. The van der Waals surface area contributed by atoms with Crippen molar-refractivity contribution in [1.82, 2.24) is 10.0 Å². The van der Waals surface area contributed by atoms with Gasteiger partial charge in [0.1, 0.15) is 0 Å². The highest BCUT2D eigenvalue weighted by Crippen LogP contribution is 2.31. The molecule has 0 bridgehead atoms. The monoisotopic (exact) mass is 234 g/mol. The Hall–Kier alpha value is -0.920. The zero-order valence-electron chi connectivity index (χ0n) is 7.49. The summed E-state index contributed by atoms with van der Waals surface area (Å²) in [4.78, 5) is 0.527. The minimum Gasteiger partial charge on any atom is -0.343 e. The van der Waals surface area contributed by atoms with Crippen molar-refractivity contribution in [2.75, 3.05) is 26.2 Å². The van der Waals surface area contributed by atoms with E-state index >= 15 is 0 Å². The third kappa shape index (κ3) is 3.01. The standard InChI is InChI=1S/C7H8F6N2/c8-5(7(10,11)12)6(9)14-1-3-15(13)4-2-14/h1-4H2/b6-5-. The lowest BCUT2D eigenvalue weighted by molar-refractivity contribution is -0.114. The summed E-state index contributed by atoms with van der Waals surface area (Å²) in [6.07, 6.45) is -5.34. The number of rotatable bonds is 1. The molecule has 1 aliphatic rings. The molecule has 8 heteroatoms. The molecular weight excluding hydrogens is 226 g/mol. The number of nitrogens with zero attached hydrogens (tertiary/aromatic N) is 2. The molecule has 0 N–H and O–H groups in total. The molecule has 0 radical (unpaired) electrons. The first-order valence-electron chi connectivity index (χ1n) is 4.10. The number of alkyl halides is 3. The summed E-state index contributed by atoms with van der Waals surface area (Å²) in [5, 5.41) is 0.329. The van der Waals surface area contributed by atoms with E-state index in [-0.39, 0.29) is 26.2 Å². The summed E-state index contributed by atoms with van der Waals surface area (Å²) in [6.45, 7) is -1.13. The summed E-state index contributed by atoms with van der Waals surface area (Å²) in [5.41, 5.74) is 0. The van der Waals surface area contributed by atoms with E-state index in [1.807, 2.05) is 0 Å². The first-order valence-corrected chi connectivity index (χ1v) is 4.10. The first-order chi connectivity index (χ1) is 6.82. The molecular formula is C7H8F6N2. The van der Waals surface area contributed by atoms with E-state index in [1.165, 1.54) is 0 Å². The number of hydrogen-bond donors (Lipinski definition) is 0. The van der Waals surface area contributed by atoms with Gasteiger partial charge in [-0.05, 0) is 0 Å². The maximum absolute atomic E-state index is 12.9. The van der Waals surface area contributed by atoms with Gasteiger partial charge in [-0.3, -0.25) is 0 Å². The van der Waals surface area contributed by atoms with Crippen molar-refractivity contribution in [3.05, 3.63) is 11.8 Å². The molecule has 1 rings (SSSR count). The van der Waals surface area contributed by atoms with Crippen molar-refractivity contribution >= 4 is 0 Å². The quantitative estimate of drug-likeness (QED) is 0.389. The van der Waals surface area contributed by atoms with Gasteiger partial charge in [0.15, 0.2) is 0 Å². The summed E-state index contributed by atoms with van der Waals surface area (Å²) in [7, 11) is 0. The van der Waals surface area contributed by atoms with E-state index in [1.54, 1.807) is 0 Å². The van der Waals surface area contributed by atoms with E-state index in [0.717, 1.165) is 0 Å². The molecule has 0 aromatic heterocycles. The van der Waals surface area contributed by atoms with Crippen LogP contribution < -0.4 is 0 Å². The fraction of sp³-hybridized carbons (Fsp3) is 0.714. The normalized spacial score (nSPS) is 21.6. The second-order valence-corrected chi connectivity index (χ2v) is 3.00. The Morgan fingerprint density at radius 2 is 1.40 bits per heavy atom. The first kappa shape index (κ1) is 12.2. The van der Waals surface area contributed by atoms with E-state index in [0.29, 0.717) is 10.0 Å². The molecule has 2 nitrogen and oxygen atoms in total. The maximum Gasteiger partial charge on any atom is 0.447 e. The van der Waals surface area contributed by atoms with E-state index in [2.05, 4.69) is 0 Å². The van der Waals surface area contributed by atoms with Crippen molar-refractivity contribution in [3.63, 3.8) is 0 Å². The zero-order chi connectivity index (χ0) is 11.6. The van der Waals surface area contributed by atoms with Crippen LogP contribution in [0.4, 0.5) is 26.4 Å². The van der Waals surface area contributed by atoms with Crippen LogP contribution in [0, 0.1) is 0 Å². The van der Waals surface area contributed by atoms with Crippen molar-refractivity contribution in [2.45, 2.75) is 6.18 Å². The smallest absolute Gasteiger partial charge is 0.343 e. The Kier molecular flexibility index (Phi) is 3.48. The van der Waals surface area contributed by atoms with Crippen LogP contribution in [0.2, 0.25) is 0 Å². The van der Waals surface area contributed by atoms with Gasteiger partial charge in [-0.25, -0.2) is 0 Å². The van der Waals surface area contributed by atoms with Gasteiger partial charge in [-0.2, -0.15) is 22.0 Å². The predicted octanol–water partition coefficient (Wildman–Crippen LogP) is 2.16. The van der Waals surface area contributed by atoms with Crippen LogP contribution in [-0.4, -0.2) is 42.4 Å². The molecule has 15 heavy (non-hydrogen) atoms. The number of piperazine rings is 1. The number of allylic oxidation sites excluding steroid dienone is 1. The largest absolute Gasteiger partial charge is 0.447 e. The van der Waals surface area contributed by atoms with Gasteiger partial charge in [0, 0.05) is 26.2 Å². The average molecular weight is 234 g/mol. The lowest BCUT2D eigenvalue weighted by atomic mass is 10.3. The molecule has 0 amide bonds. The fourth-order valence-corrected chi connectivity index (χ4v) is 1.13. The van der Waals surface area contributed by atoms with E-state index in [9.17, 15) is 26.4 Å². The van der Waals surface area contributed by atoms with Crippen LogP contribution >= 0.6 is 0 Å². The highest BCUT2D eigenvalue weighted by atomic mass is 19.4. The van der Waals surface area contributed by atoms with Gasteiger partial charge in [0.05, 0.1) is 0 Å². The summed E-state index contributed by atoms with van der Waals surface area (Å²) >= 11 is 0. The third-order valence-corrected chi connectivity index (χ3v) is 1.93. The highest BCUT2D eigenvalue weighted by molar-refractivity contribution is 5.05. The molecule has 0 saturated carbocycles. The van der Waals surface area contributed by atoms with Crippen LogP contribution in [0.1, 0.15) is 0 Å². The predicted molar refractivity (Wildman–Crippen MR) is 39.6 cm³/mol. The molecule has 0 aromatic rings. The maximum atomic E-state index is 12.9. The minimum atomic E-state index is -5.34. The van der Waals surface area contributed by atoms with Crippen molar-refractivity contribution in [3.8, 4) is 0 Å². The van der Waals surface area contributed by atoms with Crippen LogP contribution in [0.25, 0.3) is 0 Å². The Bertz CT molecular complexity index is 253. The van der Waals surface area contributed by atoms with Crippen LogP contribution in [0.15, 0.2) is 11.8 Å². The van der Waals surface area contributed by atoms with Gasteiger partial charge in [0.2, 0.25) is 5.95 Å². The van der Waals surface area contributed by atoms with E-state index in [4.69, 9.17) is 0 Å². The molecule has 0 spiro atoms. The SMILES string of the molecule is F/C(=C(/F)C(F)(F)F)N1CCN(F)CC1. The highest BCUT2D eigenvalue weighted by Gasteiger charge is 2.40. The van der Waals surface area contributed by atoms with Gasteiger partial charge in [-0.15, -0.1) is 9.60 Å². The van der Waals surface area contributed by atoms with Gasteiger partial charge in [0.25, 0.3) is 5.83 Å². The third-order valence-electron chi connectivity index (χ3n) is 1.93. The summed E-state index contributed by atoms with van der Waals surface area (Å²) < 4.78 is 72.9. The molecule has 88 valence electrons. The zero-order valence-corrected chi connectivity index (χ0v) is 7.49. The second-order valence-electron chi connectivity index (χ2n) is 3.00. The Labute approximate surface area is 81.7 Å². The molecule has 0 aromatic carbocycles. The molecule has 0 aliphatic carbocycles. The molecule has 1 fully saturated rings. The molecule has 1 heterocycles. The Morgan fingerprint density at radius 1 is 0.933 bits per heavy atom. The summed E-state index contributed by atoms with van der Waals surface area (Å²) in [6, 6.07) is 0. The number of halogens is 6.